The highest BCUT2D eigenvalue weighted by Gasteiger charge is 2.23. The summed E-state index contributed by atoms with van der Waals surface area (Å²) in [6, 6.07) is 10.1. The standard InChI is InChI=1S/C20H21BrN2O5/c1-26-16-10-12(11-17(27-2)18(16)21)19(24)22-13-5-7-14(8-6-13)23-20(25)15-4-3-9-28-15/h5-8,10-11,15H,3-4,9H2,1-2H3,(H,22,24)(H,23,25)/t15-/m0/s1. The number of anilines is 2. The van der Waals surface area contributed by atoms with E-state index in [0.29, 0.717) is 39.5 Å². The molecule has 1 fully saturated rings. The molecule has 0 radical (unpaired) electrons. The molecular formula is C20H21BrN2O5. The number of amides is 2. The average Bonchev–Trinajstić information content (AvgIpc) is 3.24. The maximum absolute atomic E-state index is 12.6. The van der Waals surface area contributed by atoms with Crippen molar-refractivity contribution in [3.8, 4) is 11.5 Å². The zero-order valence-electron chi connectivity index (χ0n) is 15.6. The van der Waals surface area contributed by atoms with E-state index in [0.717, 1.165) is 12.8 Å². The number of carbonyl (C=O) groups excluding carboxylic acids is 2. The molecule has 8 heteroatoms. The van der Waals surface area contributed by atoms with Crippen LogP contribution in [0, 0.1) is 0 Å². The Morgan fingerprint density at radius 1 is 1.04 bits per heavy atom. The Labute approximate surface area is 171 Å². The van der Waals surface area contributed by atoms with Crippen molar-refractivity contribution in [2.24, 2.45) is 0 Å². The van der Waals surface area contributed by atoms with Crippen molar-refractivity contribution in [2.45, 2.75) is 18.9 Å². The van der Waals surface area contributed by atoms with Gasteiger partial charge in [-0.15, -0.1) is 0 Å². The first-order valence-electron chi connectivity index (χ1n) is 8.77. The van der Waals surface area contributed by atoms with Gasteiger partial charge >= 0.3 is 0 Å². The molecule has 2 N–H and O–H groups in total. The first kappa shape index (κ1) is 20.2. The van der Waals surface area contributed by atoms with Crippen LogP contribution < -0.4 is 20.1 Å². The molecule has 2 aromatic carbocycles. The number of carbonyl (C=O) groups is 2. The maximum atomic E-state index is 12.6. The monoisotopic (exact) mass is 448 g/mol. The van der Waals surface area contributed by atoms with Gasteiger partial charge in [0.1, 0.15) is 22.1 Å². The molecule has 0 aromatic heterocycles. The summed E-state index contributed by atoms with van der Waals surface area (Å²) in [7, 11) is 3.04. The van der Waals surface area contributed by atoms with E-state index >= 15 is 0 Å². The third kappa shape index (κ3) is 4.63. The minimum Gasteiger partial charge on any atom is -0.495 e. The lowest BCUT2D eigenvalue weighted by molar-refractivity contribution is -0.124. The first-order valence-corrected chi connectivity index (χ1v) is 9.56. The van der Waals surface area contributed by atoms with E-state index in [1.165, 1.54) is 14.2 Å². The largest absolute Gasteiger partial charge is 0.495 e. The zero-order chi connectivity index (χ0) is 20.1. The third-order valence-electron chi connectivity index (χ3n) is 4.34. The highest BCUT2D eigenvalue weighted by atomic mass is 79.9. The molecule has 2 aromatic rings. The number of rotatable bonds is 6. The molecule has 0 spiro atoms. The molecule has 0 aliphatic carbocycles. The van der Waals surface area contributed by atoms with Gasteiger partial charge in [0.15, 0.2) is 0 Å². The van der Waals surface area contributed by atoms with Crippen LogP contribution in [0.2, 0.25) is 0 Å². The number of methoxy groups -OCH3 is 2. The Morgan fingerprint density at radius 3 is 2.11 bits per heavy atom. The smallest absolute Gasteiger partial charge is 0.255 e. The maximum Gasteiger partial charge on any atom is 0.255 e. The van der Waals surface area contributed by atoms with Gasteiger partial charge in [-0.2, -0.15) is 0 Å². The zero-order valence-corrected chi connectivity index (χ0v) is 17.2. The Balaban J connectivity index is 1.66. The third-order valence-corrected chi connectivity index (χ3v) is 5.12. The molecule has 3 rings (SSSR count). The number of halogens is 1. The van der Waals surface area contributed by atoms with Crippen molar-refractivity contribution in [3.05, 3.63) is 46.4 Å². The van der Waals surface area contributed by atoms with Gasteiger partial charge in [-0.05, 0) is 65.2 Å². The van der Waals surface area contributed by atoms with E-state index in [1.54, 1.807) is 36.4 Å². The van der Waals surface area contributed by atoms with Crippen molar-refractivity contribution < 1.29 is 23.8 Å². The molecule has 1 aliphatic heterocycles. The van der Waals surface area contributed by atoms with Crippen molar-refractivity contribution in [1.29, 1.82) is 0 Å². The normalized spacial score (nSPS) is 15.8. The SMILES string of the molecule is COc1cc(C(=O)Nc2ccc(NC(=O)[C@@H]3CCCO3)cc2)cc(OC)c1Br. The fourth-order valence-corrected chi connectivity index (χ4v) is 3.40. The number of hydrogen-bond acceptors (Lipinski definition) is 5. The second-order valence-electron chi connectivity index (χ2n) is 6.22. The summed E-state index contributed by atoms with van der Waals surface area (Å²) in [6.45, 7) is 0.620. The lowest BCUT2D eigenvalue weighted by Crippen LogP contribution is -2.26. The molecule has 1 heterocycles. The van der Waals surface area contributed by atoms with Gasteiger partial charge in [0.25, 0.3) is 11.8 Å². The quantitative estimate of drug-likeness (QED) is 0.700. The van der Waals surface area contributed by atoms with Crippen LogP contribution in [-0.2, 0) is 9.53 Å². The van der Waals surface area contributed by atoms with Crippen LogP contribution in [0.5, 0.6) is 11.5 Å². The molecule has 1 saturated heterocycles. The summed E-state index contributed by atoms with van der Waals surface area (Å²) >= 11 is 3.38. The van der Waals surface area contributed by atoms with Crippen LogP contribution in [-0.4, -0.2) is 38.7 Å². The van der Waals surface area contributed by atoms with Gasteiger partial charge < -0.3 is 24.8 Å². The summed E-state index contributed by atoms with van der Waals surface area (Å²) in [5.74, 6) is 0.539. The van der Waals surface area contributed by atoms with Gasteiger partial charge in [0, 0.05) is 23.5 Å². The molecule has 148 valence electrons. The van der Waals surface area contributed by atoms with E-state index in [2.05, 4.69) is 26.6 Å². The number of benzene rings is 2. The topological polar surface area (TPSA) is 85.9 Å². The molecule has 2 amide bonds. The van der Waals surface area contributed by atoms with E-state index in [9.17, 15) is 9.59 Å². The number of nitrogens with one attached hydrogen (secondary N) is 2. The van der Waals surface area contributed by atoms with Crippen molar-refractivity contribution in [1.82, 2.24) is 0 Å². The van der Waals surface area contributed by atoms with Crippen molar-refractivity contribution >= 4 is 39.1 Å². The van der Waals surface area contributed by atoms with Crippen LogP contribution in [0.1, 0.15) is 23.2 Å². The van der Waals surface area contributed by atoms with Crippen LogP contribution in [0.15, 0.2) is 40.9 Å². The van der Waals surface area contributed by atoms with E-state index in [1.807, 2.05) is 0 Å². The van der Waals surface area contributed by atoms with E-state index < -0.39 is 0 Å². The summed E-state index contributed by atoms with van der Waals surface area (Å²) in [6.07, 6.45) is 1.25. The fraction of sp³-hybridized carbons (Fsp3) is 0.300. The molecule has 1 aliphatic rings. The van der Waals surface area contributed by atoms with Crippen LogP contribution >= 0.6 is 15.9 Å². The Bertz CT molecular complexity index is 838. The van der Waals surface area contributed by atoms with E-state index in [-0.39, 0.29) is 17.9 Å². The van der Waals surface area contributed by atoms with Crippen LogP contribution in [0.25, 0.3) is 0 Å². The molecular weight excluding hydrogens is 428 g/mol. The molecule has 7 nitrogen and oxygen atoms in total. The Hall–Kier alpha value is -2.58. The number of ether oxygens (including phenoxy) is 3. The predicted octanol–water partition coefficient (Wildman–Crippen LogP) is 3.84. The van der Waals surface area contributed by atoms with Crippen LogP contribution in [0.4, 0.5) is 11.4 Å². The van der Waals surface area contributed by atoms with Gasteiger partial charge in [-0.25, -0.2) is 0 Å². The van der Waals surface area contributed by atoms with E-state index in [4.69, 9.17) is 14.2 Å². The average molecular weight is 449 g/mol. The summed E-state index contributed by atoms with van der Waals surface area (Å²) in [5.41, 5.74) is 1.64. The fourth-order valence-electron chi connectivity index (χ4n) is 2.85. The van der Waals surface area contributed by atoms with Gasteiger partial charge in [-0.1, -0.05) is 0 Å². The molecule has 1 atom stereocenters. The van der Waals surface area contributed by atoms with Gasteiger partial charge in [0.05, 0.1) is 14.2 Å². The minimum atomic E-state index is -0.387. The van der Waals surface area contributed by atoms with Crippen molar-refractivity contribution in [2.75, 3.05) is 31.5 Å². The van der Waals surface area contributed by atoms with Gasteiger partial charge in [0.2, 0.25) is 0 Å². The molecule has 0 unspecified atom stereocenters. The van der Waals surface area contributed by atoms with Crippen LogP contribution in [0.3, 0.4) is 0 Å². The Kier molecular flexibility index (Phi) is 6.53. The lowest BCUT2D eigenvalue weighted by atomic mass is 10.1. The summed E-state index contributed by atoms with van der Waals surface area (Å²) in [4.78, 5) is 24.7. The molecule has 0 bridgehead atoms. The van der Waals surface area contributed by atoms with Gasteiger partial charge in [-0.3, -0.25) is 9.59 Å². The minimum absolute atomic E-state index is 0.150. The summed E-state index contributed by atoms with van der Waals surface area (Å²) in [5, 5.41) is 5.63. The highest BCUT2D eigenvalue weighted by Crippen LogP contribution is 2.35. The molecule has 28 heavy (non-hydrogen) atoms. The van der Waals surface area contributed by atoms with Crippen molar-refractivity contribution in [3.63, 3.8) is 0 Å². The molecule has 0 saturated carbocycles. The number of hydrogen-bond donors (Lipinski definition) is 2. The summed E-state index contributed by atoms with van der Waals surface area (Å²) < 4.78 is 16.5. The lowest BCUT2D eigenvalue weighted by Gasteiger charge is -2.13. The second kappa shape index (κ2) is 9.07. The second-order valence-corrected chi connectivity index (χ2v) is 7.01. The Morgan fingerprint density at radius 2 is 1.61 bits per heavy atom. The predicted molar refractivity (Wildman–Crippen MR) is 109 cm³/mol. The first-order chi connectivity index (χ1) is 13.5. The highest BCUT2D eigenvalue weighted by molar-refractivity contribution is 9.10.